The Morgan fingerprint density at radius 2 is 1.80 bits per heavy atom. The van der Waals surface area contributed by atoms with Crippen LogP contribution >= 0.6 is 0 Å². The molecule has 2 heteroatoms. The molecule has 1 aliphatic rings. The Morgan fingerprint density at radius 3 is 2.33 bits per heavy atom. The van der Waals surface area contributed by atoms with E-state index in [1.165, 1.54) is 5.56 Å². The van der Waals surface area contributed by atoms with Gasteiger partial charge in [-0.15, -0.1) is 0 Å². The smallest absolute Gasteiger partial charge is 0.0611 e. The van der Waals surface area contributed by atoms with Crippen LogP contribution < -0.4 is 5.73 Å². The Hall–Kier alpha value is -0.860. The first-order chi connectivity index (χ1) is 7.23. The van der Waals surface area contributed by atoms with Crippen LogP contribution in [-0.2, 0) is 0 Å². The fourth-order valence-electron chi connectivity index (χ4n) is 2.41. The molecule has 1 aromatic rings. The average molecular weight is 205 g/mol. The summed E-state index contributed by atoms with van der Waals surface area (Å²) in [4.78, 5) is 0. The van der Waals surface area contributed by atoms with Crippen LogP contribution in [0.4, 0.5) is 0 Å². The van der Waals surface area contributed by atoms with E-state index in [-0.39, 0.29) is 12.1 Å². The first kappa shape index (κ1) is 10.7. The van der Waals surface area contributed by atoms with Gasteiger partial charge in [-0.1, -0.05) is 30.3 Å². The highest BCUT2D eigenvalue weighted by Gasteiger charge is 2.31. The normalized spacial score (nSPS) is 31.5. The topological polar surface area (TPSA) is 46.2 Å². The number of nitrogens with two attached hydrogens (primary N) is 1. The van der Waals surface area contributed by atoms with Gasteiger partial charge in [-0.25, -0.2) is 0 Å². The van der Waals surface area contributed by atoms with Crippen molar-refractivity contribution in [1.82, 2.24) is 0 Å². The van der Waals surface area contributed by atoms with Crippen LogP contribution in [0.1, 0.15) is 37.2 Å². The molecular formula is C13H19NO. The fraction of sp³-hybridized carbons (Fsp3) is 0.538. The summed E-state index contributed by atoms with van der Waals surface area (Å²) in [7, 11) is 0. The maximum Gasteiger partial charge on any atom is 0.0611 e. The highest BCUT2D eigenvalue weighted by atomic mass is 16.3. The maximum absolute atomic E-state index is 9.18. The first-order valence-electron chi connectivity index (χ1n) is 5.68. The summed E-state index contributed by atoms with van der Waals surface area (Å²) >= 11 is 0. The molecule has 2 rings (SSSR count). The quantitative estimate of drug-likeness (QED) is 0.776. The van der Waals surface area contributed by atoms with Crippen molar-refractivity contribution in [2.24, 2.45) is 5.73 Å². The summed E-state index contributed by atoms with van der Waals surface area (Å²) in [6.45, 7) is 0.120. The largest absolute Gasteiger partial charge is 0.394 e. The molecule has 3 N–H and O–H groups in total. The van der Waals surface area contributed by atoms with Crippen molar-refractivity contribution in [3.05, 3.63) is 35.9 Å². The molecule has 0 atom stereocenters. The molecule has 82 valence electrons. The molecule has 0 aromatic heterocycles. The molecule has 1 aromatic carbocycles. The lowest BCUT2D eigenvalue weighted by Crippen LogP contribution is -2.46. The van der Waals surface area contributed by atoms with Crippen molar-refractivity contribution in [2.75, 3.05) is 6.61 Å². The molecular weight excluding hydrogens is 186 g/mol. The lowest BCUT2D eigenvalue weighted by Gasteiger charge is -2.35. The number of aliphatic hydroxyl groups is 1. The third kappa shape index (κ3) is 2.39. The summed E-state index contributed by atoms with van der Waals surface area (Å²) in [6.07, 6.45) is 4.06. The SMILES string of the molecule is NC1(CO)CCC(c2ccccc2)CC1. The number of hydrogen-bond donors (Lipinski definition) is 2. The Kier molecular flexibility index (Phi) is 3.08. The molecule has 2 nitrogen and oxygen atoms in total. The summed E-state index contributed by atoms with van der Waals surface area (Å²) in [5, 5.41) is 9.18. The molecule has 0 heterocycles. The lowest BCUT2D eigenvalue weighted by molar-refractivity contribution is 0.149. The van der Waals surface area contributed by atoms with Crippen molar-refractivity contribution in [2.45, 2.75) is 37.1 Å². The van der Waals surface area contributed by atoms with E-state index in [1.807, 2.05) is 6.07 Å². The molecule has 1 aliphatic carbocycles. The van der Waals surface area contributed by atoms with Gasteiger partial charge < -0.3 is 10.8 Å². The molecule has 1 fully saturated rings. The zero-order chi connectivity index (χ0) is 10.7. The van der Waals surface area contributed by atoms with Crippen molar-refractivity contribution in [3.63, 3.8) is 0 Å². The molecule has 0 aliphatic heterocycles. The van der Waals surface area contributed by atoms with E-state index >= 15 is 0 Å². The summed E-state index contributed by atoms with van der Waals surface area (Å²) in [6, 6.07) is 10.6. The second kappa shape index (κ2) is 4.33. The zero-order valence-corrected chi connectivity index (χ0v) is 9.02. The van der Waals surface area contributed by atoms with Crippen LogP contribution in [0.25, 0.3) is 0 Å². The van der Waals surface area contributed by atoms with Gasteiger partial charge in [0.1, 0.15) is 0 Å². The second-order valence-corrected chi connectivity index (χ2v) is 4.71. The van der Waals surface area contributed by atoms with Crippen LogP contribution in [0.3, 0.4) is 0 Å². The van der Waals surface area contributed by atoms with Gasteiger partial charge >= 0.3 is 0 Å². The van der Waals surface area contributed by atoms with Gasteiger partial charge in [0, 0.05) is 5.54 Å². The highest BCUT2D eigenvalue weighted by Crippen LogP contribution is 2.36. The van der Waals surface area contributed by atoms with Crippen LogP contribution in [0, 0.1) is 0 Å². The van der Waals surface area contributed by atoms with Gasteiger partial charge in [0.2, 0.25) is 0 Å². The van der Waals surface area contributed by atoms with Crippen molar-refractivity contribution in [3.8, 4) is 0 Å². The van der Waals surface area contributed by atoms with Crippen molar-refractivity contribution in [1.29, 1.82) is 0 Å². The van der Waals surface area contributed by atoms with Gasteiger partial charge in [0.25, 0.3) is 0 Å². The van der Waals surface area contributed by atoms with Gasteiger partial charge in [-0.3, -0.25) is 0 Å². The summed E-state index contributed by atoms with van der Waals surface area (Å²) < 4.78 is 0. The monoisotopic (exact) mass is 205 g/mol. The highest BCUT2D eigenvalue weighted by molar-refractivity contribution is 5.20. The van der Waals surface area contributed by atoms with Gasteiger partial charge in [-0.2, -0.15) is 0 Å². The standard InChI is InChI=1S/C13H19NO/c14-13(10-15)8-6-12(7-9-13)11-4-2-1-3-5-11/h1-5,12,15H,6-10,14H2. The predicted octanol–water partition coefficient (Wildman–Crippen LogP) is 2.03. The number of aliphatic hydroxyl groups excluding tert-OH is 1. The Morgan fingerprint density at radius 1 is 1.20 bits per heavy atom. The minimum absolute atomic E-state index is 0.120. The Labute approximate surface area is 91.1 Å². The number of hydrogen-bond acceptors (Lipinski definition) is 2. The molecule has 1 saturated carbocycles. The lowest BCUT2D eigenvalue weighted by atomic mass is 9.75. The Bertz CT molecular complexity index is 302. The van der Waals surface area contributed by atoms with E-state index in [2.05, 4.69) is 24.3 Å². The van der Waals surface area contributed by atoms with E-state index in [0.717, 1.165) is 25.7 Å². The summed E-state index contributed by atoms with van der Waals surface area (Å²) in [5.41, 5.74) is 7.15. The minimum Gasteiger partial charge on any atom is -0.394 e. The van der Waals surface area contributed by atoms with Crippen LogP contribution in [0.15, 0.2) is 30.3 Å². The molecule has 0 saturated heterocycles. The van der Waals surface area contributed by atoms with E-state index in [0.29, 0.717) is 5.92 Å². The van der Waals surface area contributed by atoms with Gasteiger partial charge in [0.15, 0.2) is 0 Å². The second-order valence-electron chi connectivity index (χ2n) is 4.71. The third-order valence-electron chi connectivity index (χ3n) is 3.57. The third-order valence-corrected chi connectivity index (χ3v) is 3.57. The minimum atomic E-state index is -0.314. The number of rotatable bonds is 2. The fourth-order valence-corrected chi connectivity index (χ4v) is 2.41. The van der Waals surface area contributed by atoms with E-state index in [9.17, 15) is 5.11 Å². The first-order valence-corrected chi connectivity index (χ1v) is 5.68. The van der Waals surface area contributed by atoms with E-state index in [1.54, 1.807) is 0 Å². The van der Waals surface area contributed by atoms with Crippen LogP contribution in [0.5, 0.6) is 0 Å². The van der Waals surface area contributed by atoms with E-state index < -0.39 is 0 Å². The molecule has 0 spiro atoms. The van der Waals surface area contributed by atoms with Crippen LogP contribution in [-0.4, -0.2) is 17.3 Å². The number of benzene rings is 1. The average Bonchev–Trinajstić information content (AvgIpc) is 2.31. The molecule has 0 amide bonds. The Balaban J connectivity index is 2.00. The molecule has 0 unspecified atom stereocenters. The van der Waals surface area contributed by atoms with E-state index in [4.69, 9.17) is 5.73 Å². The molecule has 15 heavy (non-hydrogen) atoms. The van der Waals surface area contributed by atoms with Gasteiger partial charge in [-0.05, 0) is 37.2 Å². The summed E-state index contributed by atoms with van der Waals surface area (Å²) in [5.74, 6) is 0.634. The van der Waals surface area contributed by atoms with Gasteiger partial charge in [0.05, 0.1) is 6.61 Å². The maximum atomic E-state index is 9.18. The zero-order valence-electron chi connectivity index (χ0n) is 9.02. The van der Waals surface area contributed by atoms with Crippen molar-refractivity contribution < 1.29 is 5.11 Å². The predicted molar refractivity (Wildman–Crippen MR) is 61.7 cm³/mol. The molecule has 0 bridgehead atoms. The molecule has 0 radical (unpaired) electrons. The van der Waals surface area contributed by atoms with Crippen molar-refractivity contribution >= 4 is 0 Å². The van der Waals surface area contributed by atoms with Crippen LogP contribution in [0.2, 0.25) is 0 Å².